The third-order valence-corrected chi connectivity index (χ3v) is 5.77. The van der Waals surface area contributed by atoms with Gasteiger partial charge < -0.3 is 9.88 Å². The molecule has 1 fully saturated rings. The number of aromatic nitrogens is 4. The predicted molar refractivity (Wildman–Crippen MR) is 114 cm³/mol. The lowest BCUT2D eigenvalue weighted by Gasteiger charge is -2.47. The summed E-state index contributed by atoms with van der Waals surface area (Å²) in [7, 11) is 0. The fourth-order valence-electron chi connectivity index (χ4n) is 5.06. The quantitative estimate of drug-likeness (QED) is 0.672. The number of rotatable bonds is 3. The average molecular weight is 378 g/mol. The van der Waals surface area contributed by atoms with E-state index in [1.807, 2.05) is 12.4 Å². The van der Waals surface area contributed by atoms with Crippen LogP contribution in [0.15, 0.2) is 36.7 Å². The number of nitrogens with zero attached hydrogens (tertiary/aromatic N) is 3. The van der Waals surface area contributed by atoms with Crippen molar-refractivity contribution in [3.63, 3.8) is 0 Å². The average Bonchev–Trinajstić information content (AvgIpc) is 3.16. The van der Waals surface area contributed by atoms with E-state index >= 15 is 0 Å². The second kappa shape index (κ2) is 6.59. The summed E-state index contributed by atoms with van der Waals surface area (Å²) in [6.07, 6.45) is 4.15. The molecule has 0 aliphatic carbocycles. The number of piperidine rings is 1. The van der Waals surface area contributed by atoms with E-state index in [9.17, 15) is 0 Å². The molecule has 1 aliphatic rings. The van der Waals surface area contributed by atoms with Crippen molar-refractivity contribution in [2.45, 2.75) is 71.5 Å². The molecule has 0 atom stereocenters. The van der Waals surface area contributed by atoms with Crippen molar-refractivity contribution in [2.24, 2.45) is 0 Å². The number of hydrogen-bond donors (Lipinski definition) is 2. The Bertz CT molecular complexity index is 942. The van der Waals surface area contributed by atoms with Gasteiger partial charge in [-0.2, -0.15) is 5.10 Å². The Morgan fingerprint density at radius 3 is 2.21 bits per heavy atom. The van der Waals surface area contributed by atoms with Gasteiger partial charge in [0.1, 0.15) is 0 Å². The van der Waals surface area contributed by atoms with E-state index in [1.165, 1.54) is 11.3 Å². The van der Waals surface area contributed by atoms with Crippen LogP contribution in [-0.2, 0) is 0 Å². The molecule has 2 N–H and O–H groups in total. The molecule has 2 aromatic heterocycles. The fraction of sp³-hybridized carbons (Fsp3) is 0.478. The zero-order valence-electron chi connectivity index (χ0n) is 17.8. The molecule has 0 radical (unpaired) electrons. The van der Waals surface area contributed by atoms with E-state index in [0.29, 0.717) is 6.04 Å². The largest absolute Gasteiger partial charge is 0.327 e. The molecular formula is C23H31N5. The van der Waals surface area contributed by atoms with Crippen LogP contribution < -0.4 is 5.32 Å². The van der Waals surface area contributed by atoms with Gasteiger partial charge in [-0.3, -0.25) is 5.10 Å². The van der Waals surface area contributed by atoms with Crippen molar-refractivity contribution in [1.82, 2.24) is 25.1 Å². The number of aromatic amines is 1. The lowest BCUT2D eigenvalue weighted by molar-refractivity contribution is 0.133. The van der Waals surface area contributed by atoms with Crippen LogP contribution in [0.2, 0.25) is 0 Å². The highest BCUT2D eigenvalue weighted by Crippen LogP contribution is 2.42. The van der Waals surface area contributed by atoms with Gasteiger partial charge in [0.15, 0.2) is 0 Å². The third kappa shape index (κ3) is 3.39. The van der Waals surface area contributed by atoms with Crippen molar-refractivity contribution in [2.75, 3.05) is 0 Å². The minimum atomic E-state index is 0.0708. The molecule has 3 heterocycles. The van der Waals surface area contributed by atoms with Gasteiger partial charge in [0.05, 0.1) is 23.4 Å². The molecule has 5 heteroatoms. The molecule has 0 spiro atoms. The molecule has 0 bridgehead atoms. The molecular weight excluding hydrogens is 346 g/mol. The first-order valence-corrected chi connectivity index (χ1v) is 10.1. The van der Waals surface area contributed by atoms with Crippen LogP contribution in [-0.4, -0.2) is 30.8 Å². The van der Waals surface area contributed by atoms with Crippen LogP contribution in [0.4, 0.5) is 0 Å². The summed E-state index contributed by atoms with van der Waals surface area (Å²) in [5.74, 6) is 0. The molecule has 148 valence electrons. The molecule has 4 rings (SSSR count). The lowest BCUT2D eigenvalue weighted by Crippen LogP contribution is -2.57. The Morgan fingerprint density at radius 1 is 1.00 bits per heavy atom. The van der Waals surface area contributed by atoms with Crippen molar-refractivity contribution in [1.29, 1.82) is 0 Å². The Labute approximate surface area is 167 Å². The Hall–Kier alpha value is -2.40. The zero-order chi connectivity index (χ0) is 20.1. The second-order valence-electron chi connectivity index (χ2n) is 9.48. The van der Waals surface area contributed by atoms with Crippen LogP contribution in [0, 0.1) is 13.8 Å². The summed E-state index contributed by atoms with van der Waals surface area (Å²) in [5, 5.41) is 11.4. The maximum Gasteiger partial charge on any atom is 0.0964 e. The van der Waals surface area contributed by atoms with Gasteiger partial charge in [0, 0.05) is 33.9 Å². The van der Waals surface area contributed by atoms with Gasteiger partial charge >= 0.3 is 0 Å². The number of aryl methyl sites for hydroxylation is 2. The molecule has 3 aromatic rings. The highest BCUT2D eigenvalue weighted by Gasteiger charge is 2.39. The Kier molecular flexibility index (Phi) is 4.46. The summed E-state index contributed by atoms with van der Waals surface area (Å²) >= 11 is 0. The van der Waals surface area contributed by atoms with E-state index in [1.54, 1.807) is 0 Å². The van der Waals surface area contributed by atoms with Crippen molar-refractivity contribution < 1.29 is 0 Å². The number of benzene rings is 1. The number of H-pyrrole nitrogens is 1. The molecule has 0 unspecified atom stereocenters. The highest BCUT2D eigenvalue weighted by molar-refractivity contribution is 5.81. The first-order valence-electron chi connectivity index (χ1n) is 10.1. The summed E-state index contributed by atoms with van der Waals surface area (Å²) in [6.45, 7) is 13.3. The van der Waals surface area contributed by atoms with Gasteiger partial charge in [-0.1, -0.05) is 30.3 Å². The van der Waals surface area contributed by atoms with Crippen molar-refractivity contribution >= 4 is 0 Å². The third-order valence-electron chi connectivity index (χ3n) is 5.77. The van der Waals surface area contributed by atoms with Crippen LogP contribution in [0.5, 0.6) is 0 Å². The first-order chi connectivity index (χ1) is 13.2. The fourth-order valence-corrected chi connectivity index (χ4v) is 5.06. The molecule has 1 saturated heterocycles. The summed E-state index contributed by atoms with van der Waals surface area (Å²) < 4.78 is 2.40. The van der Waals surface area contributed by atoms with Crippen molar-refractivity contribution in [3.8, 4) is 22.5 Å². The standard InChI is InChI=1S/C23H31N5/c1-15-19(16(2)26-25-15)21-20(17-10-8-7-9-11-17)24-14-28(21)18-12-22(3,4)27-23(5,6)13-18/h7-11,14,18,27H,12-13H2,1-6H3,(H,25,26). The first kappa shape index (κ1) is 18.9. The van der Waals surface area contributed by atoms with E-state index in [0.717, 1.165) is 35.5 Å². The number of nitrogens with one attached hydrogen (secondary N) is 2. The van der Waals surface area contributed by atoms with Crippen LogP contribution >= 0.6 is 0 Å². The summed E-state index contributed by atoms with van der Waals surface area (Å²) in [5.41, 5.74) is 6.76. The minimum absolute atomic E-state index is 0.0708. The van der Waals surface area contributed by atoms with Gasteiger partial charge in [-0.25, -0.2) is 4.98 Å². The van der Waals surface area contributed by atoms with Gasteiger partial charge in [0.2, 0.25) is 0 Å². The van der Waals surface area contributed by atoms with Gasteiger partial charge in [-0.15, -0.1) is 0 Å². The Balaban J connectivity index is 1.91. The van der Waals surface area contributed by atoms with E-state index in [4.69, 9.17) is 4.98 Å². The van der Waals surface area contributed by atoms with Crippen molar-refractivity contribution in [3.05, 3.63) is 48.0 Å². The van der Waals surface area contributed by atoms with Crippen LogP contribution in [0.25, 0.3) is 22.5 Å². The summed E-state index contributed by atoms with van der Waals surface area (Å²) in [6, 6.07) is 10.8. The maximum atomic E-state index is 4.90. The van der Waals surface area contributed by atoms with E-state index < -0.39 is 0 Å². The SMILES string of the molecule is Cc1n[nH]c(C)c1-c1c(-c2ccccc2)ncn1C1CC(C)(C)NC(C)(C)C1. The predicted octanol–water partition coefficient (Wildman–Crippen LogP) is 5.04. The van der Waals surface area contributed by atoms with Gasteiger partial charge in [-0.05, 0) is 54.4 Å². The normalized spacial score (nSPS) is 19.1. The molecule has 5 nitrogen and oxygen atoms in total. The van der Waals surface area contributed by atoms with E-state index in [-0.39, 0.29) is 11.1 Å². The smallest absolute Gasteiger partial charge is 0.0964 e. The van der Waals surface area contributed by atoms with Crippen LogP contribution in [0.3, 0.4) is 0 Å². The van der Waals surface area contributed by atoms with E-state index in [2.05, 4.69) is 85.9 Å². The summed E-state index contributed by atoms with van der Waals surface area (Å²) in [4.78, 5) is 4.90. The molecule has 28 heavy (non-hydrogen) atoms. The van der Waals surface area contributed by atoms with Crippen LogP contribution in [0.1, 0.15) is 58.0 Å². The van der Waals surface area contributed by atoms with Gasteiger partial charge in [0.25, 0.3) is 0 Å². The monoisotopic (exact) mass is 377 g/mol. The molecule has 0 saturated carbocycles. The lowest BCUT2D eigenvalue weighted by atomic mass is 9.79. The second-order valence-corrected chi connectivity index (χ2v) is 9.48. The highest BCUT2D eigenvalue weighted by atomic mass is 15.2. The molecule has 1 aromatic carbocycles. The molecule has 0 amide bonds. The topological polar surface area (TPSA) is 58.5 Å². The number of imidazole rings is 1. The number of hydrogen-bond acceptors (Lipinski definition) is 3. The maximum absolute atomic E-state index is 4.90. The molecule has 1 aliphatic heterocycles. The Morgan fingerprint density at radius 2 is 1.64 bits per heavy atom. The minimum Gasteiger partial charge on any atom is -0.327 e. The zero-order valence-corrected chi connectivity index (χ0v) is 17.8.